The Balaban J connectivity index is 1.95. The lowest BCUT2D eigenvalue weighted by Crippen LogP contribution is -2.14. The molecule has 1 fully saturated rings. The van der Waals surface area contributed by atoms with E-state index in [4.69, 9.17) is 17.3 Å². The van der Waals surface area contributed by atoms with Crippen LogP contribution in [-0.2, 0) is 6.54 Å². The Morgan fingerprint density at radius 3 is 2.71 bits per heavy atom. The van der Waals surface area contributed by atoms with E-state index in [1.165, 1.54) is 32.1 Å². The Kier molecular flexibility index (Phi) is 2.96. The van der Waals surface area contributed by atoms with Crippen molar-refractivity contribution in [3.8, 4) is 0 Å². The van der Waals surface area contributed by atoms with Gasteiger partial charge in [-0.05, 0) is 18.8 Å². The maximum absolute atomic E-state index is 5.84. The molecule has 0 bridgehead atoms. The Hall–Kier alpha value is -0.700. The van der Waals surface area contributed by atoms with Crippen LogP contribution < -0.4 is 5.73 Å². The number of nitrogens with zero attached hydrogens (tertiary/aromatic N) is 2. The predicted octanol–water partition coefficient (Wildman–Crippen LogP) is 2.70. The molecular weight excluding hydrogens is 198 g/mol. The van der Waals surface area contributed by atoms with E-state index in [9.17, 15) is 0 Å². The van der Waals surface area contributed by atoms with Crippen LogP contribution >= 0.6 is 11.6 Å². The van der Waals surface area contributed by atoms with Crippen molar-refractivity contribution in [2.24, 2.45) is 5.92 Å². The first kappa shape index (κ1) is 9.84. The summed E-state index contributed by atoms with van der Waals surface area (Å²) < 4.78 is 1.88. The number of anilines is 1. The minimum Gasteiger partial charge on any atom is -0.381 e. The molecule has 3 nitrogen and oxygen atoms in total. The van der Waals surface area contributed by atoms with Crippen molar-refractivity contribution in [3.05, 3.63) is 11.2 Å². The maximum atomic E-state index is 5.84. The lowest BCUT2D eigenvalue weighted by Gasteiger charge is -2.21. The summed E-state index contributed by atoms with van der Waals surface area (Å²) in [5.74, 6) is 1.21. The average Bonchev–Trinajstić information content (AvgIpc) is 2.47. The zero-order valence-corrected chi connectivity index (χ0v) is 9.00. The van der Waals surface area contributed by atoms with E-state index in [1.54, 1.807) is 0 Å². The third kappa shape index (κ3) is 2.21. The van der Waals surface area contributed by atoms with Crippen LogP contribution in [0.3, 0.4) is 0 Å². The van der Waals surface area contributed by atoms with Crippen molar-refractivity contribution in [3.63, 3.8) is 0 Å². The molecule has 78 valence electrons. The second-order valence-electron chi connectivity index (χ2n) is 4.09. The fraction of sp³-hybridized carbons (Fsp3) is 0.700. The number of hydrogen-bond donors (Lipinski definition) is 1. The van der Waals surface area contributed by atoms with Crippen LogP contribution in [0.4, 0.5) is 5.82 Å². The van der Waals surface area contributed by atoms with Gasteiger partial charge in [0.1, 0.15) is 5.02 Å². The van der Waals surface area contributed by atoms with Gasteiger partial charge in [-0.1, -0.05) is 30.9 Å². The number of halogens is 1. The highest BCUT2D eigenvalue weighted by atomic mass is 35.5. The van der Waals surface area contributed by atoms with Crippen molar-refractivity contribution < 1.29 is 0 Å². The molecule has 1 aliphatic rings. The number of hydrogen-bond acceptors (Lipinski definition) is 2. The van der Waals surface area contributed by atoms with Crippen LogP contribution in [0.2, 0.25) is 5.02 Å². The molecule has 0 unspecified atom stereocenters. The molecular formula is C10H16ClN3. The average molecular weight is 214 g/mol. The molecule has 0 saturated heterocycles. The summed E-state index contributed by atoms with van der Waals surface area (Å²) in [6.45, 7) is 0.969. The van der Waals surface area contributed by atoms with Gasteiger partial charge in [-0.2, -0.15) is 5.10 Å². The molecule has 14 heavy (non-hydrogen) atoms. The van der Waals surface area contributed by atoms with Gasteiger partial charge in [-0.3, -0.25) is 4.68 Å². The van der Waals surface area contributed by atoms with Gasteiger partial charge in [-0.15, -0.1) is 0 Å². The Bertz CT molecular complexity index is 283. The van der Waals surface area contributed by atoms with Gasteiger partial charge in [-0.25, -0.2) is 0 Å². The molecule has 0 spiro atoms. The van der Waals surface area contributed by atoms with E-state index in [2.05, 4.69) is 5.10 Å². The summed E-state index contributed by atoms with van der Waals surface area (Å²) >= 11 is 5.84. The normalized spacial score (nSPS) is 18.6. The molecule has 0 atom stereocenters. The first-order valence-electron chi connectivity index (χ1n) is 5.24. The number of nitrogens with two attached hydrogens (primary N) is 1. The monoisotopic (exact) mass is 213 g/mol. The van der Waals surface area contributed by atoms with Crippen molar-refractivity contribution in [2.75, 3.05) is 5.73 Å². The van der Waals surface area contributed by atoms with E-state index in [-0.39, 0.29) is 0 Å². The molecule has 0 radical (unpaired) electrons. The molecule has 1 heterocycles. The van der Waals surface area contributed by atoms with Gasteiger partial charge < -0.3 is 5.73 Å². The van der Waals surface area contributed by atoms with Crippen LogP contribution in [-0.4, -0.2) is 9.78 Å². The van der Waals surface area contributed by atoms with E-state index in [1.807, 2.05) is 10.9 Å². The van der Waals surface area contributed by atoms with E-state index >= 15 is 0 Å². The minimum atomic E-state index is 0.447. The van der Waals surface area contributed by atoms with E-state index in [0.29, 0.717) is 10.8 Å². The first-order valence-corrected chi connectivity index (χ1v) is 5.62. The SMILES string of the molecule is Nc1nn(CC2CCCCC2)cc1Cl. The third-order valence-corrected chi connectivity index (χ3v) is 3.20. The molecule has 0 aliphatic heterocycles. The fourth-order valence-electron chi connectivity index (χ4n) is 2.14. The highest BCUT2D eigenvalue weighted by Crippen LogP contribution is 2.25. The van der Waals surface area contributed by atoms with Gasteiger partial charge in [0.25, 0.3) is 0 Å². The molecule has 4 heteroatoms. The van der Waals surface area contributed by atoms with Crippen LogP contribution in [0.15, 0.2) is 6.20 Å². The van der Waals surface area contributed by atoms with Crippen LogP contribution in [0, 0.1) is 5.92 Å². The predicted molar refractivity (Wildman–Crippen MR) is 58.2 cm³/mol. The van der Waals surface area contributed by atoms with Crippen LogP contribution in [0.1, 0.15) is 32.1 Å². The zero-order valence-electron chi connectivity index (χ0n) is 8.25. The summed E-state index contributed by atoms with van der Waals surface area (Å²) in [4.78, 5) is 0. The largest absolute Gasteiger partial charge is 0.381 e. The van der Waals surface area contributed by atoms with Gasteiger partial charge in [0.15, 0.2) is 5.82 Å². The molecule has 1 aliphatic carbocycles. The topological polar surface area (TPSA) is 43.8 Å². The van der Waals surface area contributed by atoms with Crippen molar-refractivity contribution >= 4 is 17.4 Å². The van der Waals surface area contributed by atoms with Crippen molar-refractivity contribution in [1.29, 1.82) is 0 Å². The first-order chi connectivity index (χ1) is 6.75. The van der Waals surface area contributed by atoms with Gasteiger partial charge in [0.2, 0.25) is 0 Å². The number of rotatable bonds is 2. The Morgan fingerprint density at radius 1 is 1.43 bits per heavy atom. The number of aromatic nitrogens is 2. The summed E-state index contributed by atoms with van der Waals surface area (Å²) in [5, 5.41) is 4.74. The molecule has 0 amide bonds. The summed E-state index contributed by atoms with van der Waals surface area (Å²) in [6.07, 6.45) is 8.56. The third-order valence-electron chi connectivity index (χ3n) is 2.91. The summed E-state index contributed by atoms with van der Waals surface area (Å²) in [5.41, 5.74) is 5.58. The van der Waals surface area contributed by atoms with E-state index in [0.717, 1.165) is 12.5 Å². The highest BCUT2D eigenvalue weighted by Gasteiger charge is 2.14. The minimum absolute atomic E-state index is 0.447. The Labute approximate surface area is 89.2 Å². The molecule has 1 aromatic heterocycles. The van der Waals surface area contributed by atoms with Gasteiger partial charge in [0.05, 0.1) is 0 Å². The molecule has 0 aromatic carbocycles. The van der Waals surface area contributed by atoms with Crippen molar-refractivity contribution in [1.82, 2.24) is 9.78 Å². The quantitative estimate of drug-likeness (QED) is 0.821. The smallest absolute Gasteiger partial charge is 0.164 e. The standard InChI is InChI=1S/C10H16ClN3/c11-9-7-14(13-10(9)12)6-8-4-2-1-3-5-8/h7-8H,1-6H2,(H2,12,13). The van der Waals surface area contributed by atoms with Gasteiger partial charge in [0, 0.05) is 12.7 Å². The fourth-order valence-corrected chi connectivity index (χ4v) is 2.29. The lowest BCUT2D eigenvalue weighted by molar-refractivity contribution is 0.308. The summed E-state index contributed by atoms with van der Waals surface area (Å²) in [6, 6.07) is 0. The van der Waals surface area contributed by atoms with Crippen LogP contribution in [0.25, 0.3) is 0 Å². The Morgan fingerprint density at radius 2 is 2.14 bits per heavy atom. The second kappa shape index (κ2) is 4.22. The zero-order chi connectivity index (χ0) is 9.97. The van der Waals surface area contributed by atoms with Crippen LogP contribution in [0.5, 0.6) is 0 Å². The van der Waals surface area contributed by atoms with Crippen molar-refractivity contribution in [2.45, 2.75) is 38.6 Å². The molecule has 1 saturated carbocycles. The molecule has 2 N–H and O–H groups in total. The second-order valence-corrected chi connectivity index (χ2v) is 4.50. The summed E-state index contributed by atoms with van der Waals surface area (Å²) in [7, 11) is 0. The lowest BCUT2D eigenvalue weighted by atomic mass is 9.89. The molecule has 2 rings (SSSR count). The number of nitrogen functional groups attached to an aromatic ring is 1. The van der Waals surface area contributed by atoms with E-state index < -0.39 is 0 Å². The molecule has 1 aromatic rings. The van der Waals surface area contributed by atoms with Gasteiger partial charge >= 0.3 is 0 Å². The highest BCUT2D eigenvalue weighted by molar-refractivity contribution is 6.32. The maximum Gasteiger partial charge on any atom is 0.164 e.